The summed E-state index contributed by atoms with van der Waals surface area (Å²) in [4.78, 5) is 27.3. The Morgan fingerprint density at radius 1 is 1.13 bits per heavy atom. The van der Waals surface area contributed by atoms with E-state index < -0.39 is 6.04 Å². The lowest BCUT2D eigenvalue weighted by Gasteiger charge is -2.29. The summed E-state index contributed by atoms with van der Waals surface area (Å²) >= 11 is 3.43. The number of hydrogen-bond donors (Lipinski definition) is 1. The maximum Gasteiger partial charge on any atom is 0.261 e. The molecule has 0 saturated heterocycles. The van der Waals surface area contributed by atoms with Crippen molar-refractivity contribution in [2.24, 2.45) is 0 Å². The SMILES string of the molecule is CCCCNC(=O)C(C)N(Cc1ccc(Br)cc1)C(=O)COc1cccc(C)c1C. The Hall–Kier alpha value is -2.34. The lowest BCUT2D eigenvalue weighted by atomic mass is 10.1. The standard InChI is InChI=1S/C24H31BrN2O3/c1-5-6-14-26-24(29)19(4)27(15-20-10-12-21(25)13-11-20)23(28)16-30-22-9-7-8-17(2)18(22)3/h7-13,19H,5-6,14-16H2,1-4H3,(H,26,29). The maximum absolute atomic E-state index is 13.1. The van der Waals surface area contributed by atoms with Crippen molar-refractivity contribution in [1.82, 2.24) is 10.2 Å². The Morgan fingerprint density at radius 3 is 2.50 bits per heavy atom. The van der Waals surface area contributed by atoms with Crippen LogP contribution in [0.2, 0.25) is 0 Å². The van der Waals surface area contributed by atoms with E-state index in [0.717, 1.165) is 34.0 Å². The van der Waals surface area contributed by atoms with Crippen LogP contribution >= 0.6 is 15.9 Å². The van der Waals surface area contributed by atoms with Crippen LogP contribution < -0.4 is 10.1 Å². The Kier molecular flexibility index (Phi) is 9.37. The van der Waals surface area contributed by atoms with Gasteiger partial charge in [-0.1, -0.05) is 53.5 Å². The fraction of sp³-hybridized carbons (Fsp3) is 0.417. The third kappa shape index (κ3) is 6.87. The summed E-state index contributed by atoms with van der Waals surface area (Å²) in [5.41, 5.74) is 3.07. The van der Waals surface area contributed by atoms with E-state index in [9.17, 15) is 9.59 Å². The molecule has 2 rings (SSSR count). The molecule has 162 valence electrons. The van der Waals surface area contributed by atoms with Crippen LogP contribution in [0.1, 0.15) is 43.4 Å². The molecule has 0 spiro atoms. The molecule has 0 fully saturated rings. The second-order valence-corrected chi connectivity index (χ2v) is 8.37. The minimum atomic E-state index is -0.597. The van der Waals surface area contributed by atoms with Gasteiger partial charge in [0, 0.05) is 17.6 Å². The Labute approximate surface area is 187 Å². The second-order valence-electron chi connectivity index (χ2n) is 7.46. The van der Waals surface area contributed by atoms with Gasteiger partial charge in [-0.3, -0.25) is 9.59 Å². The highest BCUT2D eigenvalue weighted by Gasteiger charge is 2.26. The van der Waals surface area contributed by atoms with Gasteiger partial charge in [0.1, 0.15) is 11.8 Å². The summed E-state index contributed by atoms with van der Waals surface area (Å²) in [6.45, 7) is 8.64. The Balaban J connectivity index is 2.13. The number of aryl methyl sites for hydroxylation is 1. The molecule has 0 saturated carbocycles. The van der Waals surface area contributed by atoms with E-state index in [-0.39, 0.29) is 18.4 Å². The quantitative estimate of drug-likeness (QED) is 0.504. The highest BCUT2D eigenvalue weighted by Crippen LogP contribution is 2.21. The number of nitrogens with one attached hydrogen (secondary N) is 1. The van der Waals surface area contributed by atoms with E-state index in [1.54, 1.807) is 11.8 Å². The average molecular weight is 475 g/mol. The van der Waals surface area contributed by atoms with Crippen molar-refractivity contribution in [1.29, 1.82) is 0 Å². The molecule has 0 radical (unpaired) electrons. The van der Waals surface area contributed by atoms with Gasteiger partial charge in [-0.2, -0.15) is 0 Å². The lowest BCUT2D eigenvalue weighted by Crippen LogP contribution is -2.49. The number of rotatable bonds is 10. The fourth-order valence-corrected chi connectivity index (χ4v) is 3.27. The first-order chi connectivity index (χ1) is 14.3. The number of carbonyl (C=O) groups excluding carboxylic acids is 2. The molecule has 1 atom stereocenters. The summed E-state index contributed by atoms with van der Waals surface area (Å²) in [7, 11) is 0. The van der Waals surface area contributed by atoms with Crippen LogP contribution in [-0.2, 0) is 16.1 Å². The van der Waals surface area contributed by atoms with Gasteiger partial charge in [0.15, 0.2) is 6.61 Å². The van der Waals surface area contributed by atoms with Gasteiger partial charge in [-0.15, -0.1) is 0 Å². The van der Waals surface area contributed by atoms with Crippen LogP contribution in [0.5, 0.6) is 5.75 Å². The van der Waals surface area contributed by atoms with Crippen molar-refractivity contribution in [3.63, 3.8) is 0 Å². The van der Waals surface area contributed by atoms with Gasteiger partial charge < -0.3 is 15.0 Å². The van der Waals surface area contributed by atoms with Crippen LogP contribution in [0.4, 0.5) is 0 Å². The average Bonchev–Trinajstić information content (AvgIpc) is 2.73. The zero-order valence-electron chi connectivity index (χ0n) is 18.2. The van der Waals surface area contributed by atoms with E-state index in [1.807, 2.05) is 56.3 Å². The number of halogens is 1. The van der Waals surface area contributed by atoms with Crippen molar-refractivity contribution in [3.8, 4) is 5.75 Å². The Bertz CT molecular complexity index is 852. The molecule has 0 heterocycles. The highest BCUT2D eigenvalue weighted by molar-refractivity contribution is 9.10. The summed E-state index contributed by atoms with van der Waals surface area (Å²) in [5, 5.41) is 2.92. The van der Waals surface area contributed by atoms with Crippen molar-refractivity contribution in [2.75, 3.05) is 13.2 Å². The summed E-state index contributed by atoms with van der Waals surface area (Å²) in [6, 6.07) is 12.9. The first-order valence-electron chi connectivity index (χ1n) is 10.3. The number of benzene rings is 2. The fourth-order valence-electron chi connectivity index (χ4n) is 3.01. The lowest BCUT2D eigenvalue weighted by molar-refractivity contribution is -0.142. The van der Waals surface area contributed by atoms with Crippen LogP contribution in [0.25, 0.3) is 0 Å². The zero-order chi connectivity index (χ0) is 22.1. The molecule has 5 nitrogen and oxygen atoms in total. The van der Waals surface area contributed by atoms with Crippen molar-refractivity contribution in [2.45, 2.75) is 53.1 Å². The minimum Gasteiger partial charge on any atom is -0.483 e. The largest absolute Gasteiger partial charge is 0.483 e. The molecule has 6 heteroatoms. The molecule has 30 heavy (non-hydrogen) atoms. The molecule has 0 aliphatic carbocycles. The van der Waals surface area contributed by atoms with Crippen LogP contribution in [0.3, 0.4) is 0 Å². The molecule has 0 bridgehead atoms. The predicted molar refractivity (Wildman–Crippen MR) is 123 cm³/mol. The third-order valence-corrected chi connectivity index (χ3v) is 5.70. The maximum atomic E-state index is 13.1. The topological polar surface area (TPSA) is 58.6 Å². The van der Waals surface area contributed by atoms with Crippen molar-refractivity contribution >= 4 is 27.7 Å². The number of unbranched alkanes of at least 4 members (excludes halogenated alkanes) is 1. The van der Waals surface area contributed by atoms with Crippen LogP contribution in [-0.4, -0.2) is 35.9 Å². The zero-order valence-corrected chi connectivity index (χ0v) is 19.8. The van der Waals surface area contributed by atoms with Crippen LogP contribution in [0, 0.1) is 13.8 Å². The van der Waals surface area contributed by atoms with E-state index in [2.05, 4.69) is 28.2 Å². The van der Waals surface area contributed by atoms with Crippen LogP contribution in [0.15, 0.2) is 46.9 Å². The summed E-state index contributed by atoms with van der Waals surface area (Å²) in [6.07, 6.45) is 1.91. The Morgan fingerprint density at radius 2 is 1.83 bits per heavy atom. The minimum absolute atomic E-state index is 0.118. The number of amides is 2. The predicted octanol–water partition coefficient (Wildman–Crippen LogP) is 4.78. The van der Waals surface area contributed by atoms with E-state index >= 15 is 0 Å². The van der Waals surface area contributed by atoms with Gasteiger partial charge >= 0.3 is 0 Å². The summed E-state index contributed by atoms with van der Waals surface area (Å²) in [5.74, 6) is 0.310. The first-order valence-corrected chi connectivity index (χ1v) is 11.1. The monoisotopic (exact) mass is 474 g/mol. The van der Waals surface area contributed by atoms with Gasteiger partial charge in [0.2, 0.25) is 5.91 Å². The van der Waals surface area contributed by atoms with E-state index in [1.165, 1.54) is 0 Å². The number of ether oxygens (including phenoxy) is 1. The molecule has 0 aromatic heterocycles. The van der Waals surface area contributed by atoms with Crippen molar-refractivity contribution < 1.29 is 14.3 Å². The van der Waals surface area contributed by atoms with E-state index in [4.69, 9.17) is 4.74 Å². The number of carbonyl (C=O) groups is 2. The molecular formula is C24H31BrN2O3. The molecule has 0 aliphatic heterocycles. The molecule has 2 aromatic carbocycles. The van der Waals surface area contributed by atoms with Crippen molar-refractivity contribution in [3.05, 3.63) is 63.6 Å². The van der Waals surface area contributed by atoms with Gasteiger partial charge in [-0.05, 0) is 62.1 Å². The number of hydrogen-bond acceptors (Lipinski definition) is 3. The molecule has 2 amide bonds. The first kappa shape index (κ1) is 23.9. The van der Waals surface area contributed by atoms with Gasteiger partial charge in [-0.25, -0.2) is 0 Å². The molecule has 0 aliphatic rings. The van der Waals surface area contributed by atoms with E-state index in [0.29, 0.717) is 18.8 Å². The number of nitrogens with zero attached hydrogens (tertiary/aromatic N) is 1. The molecule has 2 aromatic rings. The molecule has 1 N–H and O–H groups in total. The highest BCUT2D eigenvalue weighted by atomic mass is 79.9. The smallest absolute Gasteiger partial charge is 0.261 e. The summed E-state index contributed by atoms with van der Waals surface area (Å²) < 4.78 is 6.78. The van der Waals surface area contributed by atoms with Gasteiger partial charge in [0.25, 0.3) is 5.91 Å². The second kappa shape index (κ2) is 11.7. The third-order valence-electron chi connectivity index (χ3n) is 5.17. The van der Waals surface area contributed by atoms with Gasteiger partial charge in [0.05, 0.1) is 0 Å². The molecule has 1 unspecified atom stereocenters. The molecular weight excluding hydrogens is 444 g/mol. The normalized spacial score (nSPS) is 11.6.